The van der Waals surface area contributed by atoms with Gasteiger partial charge in [-0.1, -0.05) is 12.8 Å². The molecule has 1 aliphatic carbocycles. The van der Waals surface area contributed by atoms with E-state index < -0.39 is 23.3 Å². The molecule has 1 saturated carbocycles. The van der Waals surface area contributed by atoms with Crippen LogP contribution in [0.15, 0.2) is 18.2 Å². The molecule has 26 heavy (non-hydrogen) atoms. The summed E-state index contributed by atoms with van der Waals surface area (Å²) in [6.45, 7) is 1.85. The van der Waals surface area contributed by atoms with Crippen molar-refractivity contribution < 1.29 is 38.6 Å². The maximum atomic E-state index is 11.3. The topological polar surface area (TPSA) is 124 Å². The Balaban J connectivity index is 0.000000152. The van der Waals surface area contributed by atoms with Crippen LogP contribution >= 0.6 is 0 Å². The van der Waals surface area contributed by atoms with Gasteiger partial charge in [0, 0.05) is 0 Å². The molecule has 8 heteroatoms. The molecule has 2 fully saturated rings. The van der Waals surface area contributed by atoms with Crippen molar-refractivity contribution in [3.63, 3.8) is 0 Å². The van der Waals surface area contributed by atoms with Crippen molar-refractivity contribution in [2.24, 2.45) is 11.3 Å². The third-order valence-corrected chi connectivity index (χ3v) is 5.04. The van der Waals surface area contributed by atoms with E-state index in [1.165, 1.54) is 12.1 Å². The summed E-state index contributed by atoms with van der Waals surface area (Å²) in [4.78, 5) is 55.0. The number of carbonyl (C=O) groups excluding carboxylic acids is 4. The van der Waals surface area contributed by atoms with Crippen molar-refractivity contribution in [1.29, 1.82) is 0 Å². The molecule has 2 atom stereocenters. The van der Waals surface area contributed by atoms with Gasteiger partial charge in [-0.15, -0.1) is 0 Å². The Morgan fingerprint density at radius 2 is 1.77 bits per heavy atom. The molecular formula is C18H16O8. The van der Waals surface area contributed by atoms with Gasteiger partial charge in [-0.05, 0) is 38.0 Å². The van der Waals surface area contributed by atoms with Crippen molar-refractivity contribution in [1.82, 2.24) is 0 Å². The molecule has 0 spiro atoms. The Labute approximate surface area is 148 Å². The molecular weight excluding hydrogens is 344 g/mol. The van der Waals surface area contributed by atoms with Crippen molar-refractivity contribution in [2.75, 3.05) is 0 Å². The summed E-state index contributed by atoms with van der Waals surface area (Å²) in [5.41, 5.74) is -0.416. The van der Waals surface area contributed by atoms with Gasteiger partial charge in [-0.3, -0.25) is 9.59 Å². The first-order chi connectivity index (χ1) is 12.2. The minimum absolute atomic E-state index is 0.00917. The molecule has 4 rings (SSSR count). The number of hydrogen-bond acceptors (Lipinski definition) is 7. The third kappa shape index (κ3) is 2.87. The summed E-state index contributed by atoms with van der Waals surface area (Å²) in [6.07, 6.45) is 3.71. The van der Waals surface area contributed by atoms with Gasteiger partial charge in [-0.2, -0.15) is 0 Å². The molecule has 1 N–H and O–H groups in total. The number of carboxylic acid groups (broad SMARTS) is 1. The molecule has 3 aliphatic rings. The maximum Gasteiger partial charge on any atom is 0.346 e. The molecule has 2 unspecified atom stereocenters. The fourth-order valence-corrected chi connectivity index (χ4v) is 3.45. The second-order valence-electron chi connectivity index (χ2n) is 6.67. The predicted molar refractivity (Wildman–Crippen MR) is 84.3 cm³/mol. The lowest BCUT2D eigenvalue weighted by atomic mass is 9.69. The minimum atomic E-state index is -1.15. The smallest absolute Gasteiger partial charge is 0.346 e. The van der Waals surface area contributed by atoms with E-state index in [0.717, 1.165) is 31.7 Å². The Morgan fingerprint density at radius 1 is 1.08 bits per heavy atom. The van der Waals surface area contributed by atoms with Gasteiger partial charge < -0.3 is 14.6 Å². The van der Waals surface area contributed by atoms with Crippen molar-refractivity contribution in [2.45, 2.75) is 32.6 Å². The number of aromatic carboxylic acids is 1. The molecule has 0 radical (unpaired) electrons. The summed E-state index contributed by atoms with van der Waals surface area (Å²) in [7, 11) is 0. The van der Waals surface area contributed by atoms with E-state index >= 15 is 0 Å². The quantitative estimate of drug-likeness (QED) is 0.595. The summed E-state index contributed by atoms with van der Waals surface area (Å²) >= 11 is 0. The number of esters is 4. The highest BCUT2D eigenvalue weighted by Gasteiger charge is 2.54. The Hall–Kier alpha value is -3.03. The monoisotopic (exact) mass is 360 g/mol. The molecule has 0 aromatic heterocycles. The zero-order chi connectivity index (χ0) is 19.1. The molecule has 2 heterocycles. The lowest BCUT2D eigenvalue weighted by Crippen LogP contribution is -2.33. The zero-order valence-electron chi connectivity index (χ0n) is 13.9. The average molecular weight is 360 g/mol. The summed E-state index contributed by atoms with van der Waals surface area (Å²) in [5, 5.41) is 8.63. The van der Waals surface area contributed by atoms with Crippen molar-refractivity contribution >= 4 is 29.8 Å². The van der Waals surface area contributed by atoms with Gasteiger partial charge in [0.15, 0.2) is 0 Å². The van der Waals surface area contributed by atoms with E-state index in [0.29, 0.717) is 0 Å². The minimum Gasteiger partial charge on any atom is -0.478 e. The van der Waals surface area contributed by atoms with Crippen molar-refractivity contribution in [3.05, 3.63) is 34.9 Å². The van der Waals surface area contributed by atoms with Crippen LogP contribution < -0.4 is 0 Å². The van der Waals surface area contributed by atoms with Gasteiger partial charge in [0.05, 0.1) is 28.0 Å². The highest BCUT2D eigenvalue weighted by molar-refractivity contribution is 6.15. The van der Waals surface area contributed by atoms with Gasteiger partial charge in [-0.25, -0.2) is 14.4 Å². The van der Waals surface area contributed by atoms with Crippen LogP contribution in [0.25, 0.3) is 0 Å². The van der Waals surface area contributed by atoms with Gasteiger partial charge in [0.25, 0.3) is 0 Å². The van der Waals surface area contributed by atoms with E-state index in [2.05, 4.69) is 9.47 Å². The van der Waals surface area contributed by atoms with Gasteiger partial charge in [0.2, 0.25) is 0 Å². The van der Waals surface area contributed by atoms with Gasteiger partial charge in [0.1, 0.15) is 0 Å². The standard InChI is InChI=1S/C9H4O5.C9H12O3/c10-7(11)4-1-2-5-6(3-4)9(13)14-8(5)12;1-9-5-3-2-4-6(9)7(10)12-8(9)11/h1-3H,(H,10,11);6H,2-5H2,1H3. The van der Waals surface area contributed by atoms with E-state index in [4.69, 9.17) is 5.11 Å². The van der Waals surface area contributed by atoms with Crippen LogP contribution in [0.1, 0.15) is 63.7 Å². The Bertz CT molecular complexity index is 840. The first-order valence-corrected chi connectivity index (χ1v) is 8.14. The van der Waals surface area contributed by atoms with Crippen LogP contribution in [0.5, 0.6) is 0 Å². The highest BCUT2D eigenvalue weighted by Crippen LogP contribution is 2.46. The van der Waals surface area contributed by atoms with Crippen LogP contribution in [-0.2, 0) is 19.1 Å². The number of hydrogen-bond donors (Lipinski definition) is 1. The summed E-state index contributed by atoms with van der Waals surface area (Å²) < 4.78 is 8.93. The fraction of sp³-hybridized carbons (Fsp3) is 0.389. The fourth-order valence-electron chi connectivity index (χ4n) is 3.45. The summed E-state index contributed by atoms with van der Waals surface area (Å²) in [5.74, 6) is -3.45. The van der Waals surface area contributed by atoms with Crippen LogP contribution in [-0.4, -0.2) is 35.0 Å². The molecule has 8 nitrogen and oxygen atoms in total. The van der Waals surface area contributed by atoms with E-state index in [1.807, 2.05) is 6.92 Å². The number of carboxylic acids is 1. The normalized spacial score (nSPS) is 26.3. The van der Waals surface area contributed by atoms with Crippen molar-refractivity contribution in [3.8, 4) is 0 Å². The van der Waals surface area contributed by atoms with Crippen LogP contribution in [0.2, 0.25) is 0 Å². The number of rotatable bonds is 1. The highest BCUT2D eigenvalue weighted by atomic mass is 16.6. The number of benzene rings is 1. The predicted octanol–water partition coefficient (Wildman–Crippen LogP) is 1.96. The molecule has 2 aliphatic heterocycles. The summed E-state index contributed by atoms with van der Waals surface area (Å²) in [6, 6.07) is 3.65. The number of carbonyl (C=O) groups is 5. The third-order valence-electron chi connectivity index (χ3n) is 5.04. The molecule has 1 aromatic rings. The van der Waals surface area contributed by atoms with E-state index in [-0.39, 0.29) is 34.5 Å². The Kier molecular flexibility index (Phi) is 4.35. The van der Waals surface area contributed by atoms with E-state index in [1.54, 1.807) is 0 Å². The molecule has 1 saturated heterocycles. The molecule has 0 amide bonds. The second-order valence-corrected chi connectivity index (χ2v) is 6.67. The number of ether oxygens (including phenoxy) is 2. The first kappa shape index (κ1) is 17.8. The molecule has 1 aromatic carbocycles. The lowest BCUT2D eigenvalue weighted by molar-refractivity contribution is -0.155. The van der Waals surface area contributed by atoms with Crippen LogP contribution in [0.4, 0.5) is 0 Å². The van der Waals surface area contributed by atoms with E-state index in [9.17, 15) is 24.0 Å². The first-order valence-electron chi connectivity index (χ1n) is 8.14. The zero-order valence-corrected chi connectivity index (χ0v) is 13.9. The largest absolute Gasteiger partial charge is 0.478 e. The van der Waals surface area contributed by atoms with Gasteiger partial charge >= 0.3 is 29.8 Å². The molecule has 136 valence electrons. The SMILES string of the molecule is CC12CCCCC1C(=O)OC2=O.O=C(O)c1ccc2c(c1)C(=O)OC2=O. The lowest BCUT2D eigenvalue weighted by Gasteiger charge is -2.29. The Morgan fingerprint density at radius 3 is 2.42 bits per heavy atom. The maximum absolute atomic E-state index is 11.3. The number of cyclic esters (lactones) is 4. The van der Waals surface area contributed by atoms with Crippen LogP contribution in [0.3, 0.4) is 0 Å². The van der Waals surface area contributed by atoms with Crippen LogP contribution in [0, 0.1) is 11.3 Å². The molecule has 0 bridgehead atoms. The second kappa shape index (κ2) is 6.36. The average Bonchev–Trinajstić information content (AvgIpc) is 3.01. The number of fused-ring (bicyclic) bond motifs is 2.